The minimum absolute atomic E-state index is 0.210. The molecule has 0 aliphatic rings. The molecule has 90 valence electrons. The number of hydrogen-bond donors (Lipinski definition) is 0. The second kappa shape index (κ2) is 8.61. The summed E-state index contributed by atoms with van der Waals surface area (Å²) in [6.45, 7) is 0. The molecule has 0 atom stereocenters. The van der Waals surface area contributed by atoms with Crippen LogP contribution in [0.15, 0.2) is 24.3 Å². The van der Waals surface area contributed by atoms with Gasteiger partial charge >= 0.3 is 37.7 Å². The molecule has 7 heteroatoms. The third-order valence-electron chi connectivity index (χ3n) is 1.74. The van der Waals surface area contributed by atoms with Crippen molar-refractivity contribution in [3.05, 3.63) is 35.4 Å². The Labute approximate surface area is 106 Å². The molecule has 6 nitrogen and oxygen atoms in total. The monoisotopic (exact) mass is 274 g/mol. The van der Waals surface area contributed by atoms with E-state index in [-0.39, 0.29) is 11.1 Å². The van der Waals surface area contributed by atoms with Crippen LogP contribution < -0.4 is 0 Å². The molecule has 1 aromatic rings. The van der Waals surface area contributed by atoms with Crippen LogP contribution in [-0.4, -0.2) is 26.2 Å². The summed E-state index contributed by atoms with van der Waals surface area (Å²) in [4.78, 5) is 22.4. The van der Waals surface area contributed by atoms with Gasteiger partial charge in [-0.05, 0) is 12.1 Å². The first-order chi connectivity index (χ1) is 8.12. The van der Waals surface area contributed by atoms with Crippen LogP contribution in [0.2, 0.25) is 0 Å². The van der Waals surface area contributed by atoms with Gasteiger partial charge in [0, 0.05) is 0 Å². The van der Waals surface area contributed by atoms with E-state index in [1.54, 1.807) is 12.1 Å². The molecule has 1 rings (SSSR count). The number of benzene rings is 1. The molecule has 0 heterocycles. The molecule has 0 N–H and O–H groups in total. The van der Waals surface area contributed by atoms with E-state index in [9.17, 15) is 9.59 Å². The van der Waals surface area contributed by atoms with Gasteiger partial charge in [0.1, 0.15) is 0 Å². The summed E-state index contributed by atoms with van der Waals surface area (Å²) in [7, 11) is 2.52. The van der Waals surface area contributed by atoms with Crippen molar-refractivity contribution in [1.82, 2.24) is 0 Å². The molecule has 0 fully saturated rings. The summed E-state index contributed by atoms with van der Waals surface area (Å²) >= 11 is -2.00. The van der Waals surface area contributed by atoms with Gasteiger partial charge in [0.05, 0.1) is 25.3 Å². The van der Waals surface area contributed by atoms with Crippen LogP contribution in [0.25, 0.3) is 0 Å². The number of ether oxygens (including phenoxy) is 2. The van der Waals surface area contributed by atoms with Crippen LogP contribution >= 0.6 is 0 Å². The number of carbonyl (C=O) groups is 2. The number of rotatable bonds is 2. The maximum absolute atomic E-state index is 11.2. The van der Waals surface area contributed by atoms with Crippen molar-refractivity contribution in [1.29, 1.82) is 0 Å². The van der Waals surface area contributed by atoms with Gasteiger partial charge in [-0.1, -0.05) is 12.1 Å². The maximum atomic E-state index is 11.2. The fourth-order valence-corrected chi connectivity index (χ4v) is 1.06. The van der Waals surface area contributed by atoms with Gasteiger partial charge in [-0.15, -0.1) is 0 Å². The van der Waals surface area contributed by atoms with Crippen molar-refractivity contribution >= 4 is 11.9 Å². The Morgan fingerprint density at radius 3 is 1.47 bits per heavy atom. The Morgan fingerprint density at radius 1 is 0.941 bits per heavy atom. The SMILES string of the molecule is COC(=O)c1ccccc1C(=O)OC.[O]=[Ti]=[O]. The van der Waals surface area contributed by atoms with Crippen LogP contribution in [0.4, 0.5) is 0 Å². The standard InChI is InChI=1S/C10H10O4.2O.Ti/c1-13-9(11)7-5-3-4-6-8(7)10(12)14-2;;;/h3-6H,1-2H3;;;. The second-order valence-corrected chi connectivity index (χ2v) is 2.87. The molecule has 0 aromatic heterocycles. The first-order valence-corrected chi connectivity index (χ1v) is 5.64. The van der Waals surface area contributed by atoms with Crippen LogP contribution in [0.3, 0.4) is 0 Å². The fraction of sp³-hybridized carbons (Fsp3) is 0.200. The fourth-order valence-electron chi connectivity index (χ4n) is 1.06. The van der Waals surface area contributed by atoms with E-state index in [0.29, 0.717) is 0 Å². The summed E-state index contributed by atoms with van der Waals surface area (Å²) in [5.74, 6) is -1.10. The van der Waals surface area contributed by atoms with Gasteiger partial charge in [-0.25, -0.2) is 9.59 Å². The van der Waals surface area contributed by atoms with Gasteiger partial charge < -0.3 is 9.47 Å². The molecular formula is C10H10O6Ti. The Morgan fingerprint density at radius 2 is 1.24 bits per heavy atom. The zero-order valence-electron chi connectivity index (χ0n) is 9.26. The minimum atomic E-state index is -2.00. The molecule has 1 aromatic carbocycles. The van der Waals surface area contributed by atoms with Crippen LogP contribution in [0, 0.1) is 0 Å². The van der Waals surface area contributed by atoms with Gasteiger partial charge in [-0.3, -0.25) is 0 Å². The molecular weight excluding hydrogens is 264 g/mol. The van der Waals surface area contributed by atoms with E-state index in [1.807, 2.05) is 0 Å². The molecule has 0 radical (unpaired) electrons. The molecule has 0 unspecified atom stereocenters. The molecule has 0 amide bonds. The second-order valence-electron chi connectivity index (χ2n) is 2.61. The zero-order chi connectivity index (χ0) is 13.3. The Kier molecular flexibility index (Phi) is 7.83. The van der Waals surface area contributed by atoms with Gasteiger partial charge in [0.15, 0.2) is 0 Å². The van der Waals surface area contributed by atoms with Crippen molar-refractivity contribution in [2.24, 2.45) is 0 Å². The van der Waals surface area contributed by atoms with Crippen molar-refractivity contribution in [2.75, 3.05) is 14.2 Å². The summed E-state index contributed by atoms with van der Waals surface area (Å²) in [6.07, 6.45) is 0. The summed E-state index contributed by atoms with van der Waals surface area (Å²) in [5.41, 5.74) is 0.420. The Balaban J connectivity index is 0.000000770. The predicted molar refractivity (Wildman–Crippen MR) is 50.5 cm³/mol. The number of hydrogen-bond acceptors (Lipinski definition) is 6. The molecule has 0 saturated heterocycles. The van der Waals surface area contributed by atoms with E-state index in [4.69, 9.17) is 6.65 Å². The average Bonchev–Trinajstić information content (AvgIpc) is 2.37. The summed E-state index contributed by atoms with van der Waals surface area (Å²) < 4.78 is 26.0. The third-order valence-corrected chi connectivity index (χ3v) is 1.74. The van der Waals surface area contributed by atoms with Crippen molar-refractivity contribution < 1.29 is 44.8 Å². The van der Waals surface area contributed by atoms with Gasteiger partial charge in [0.25, 0.3) is 0 Å². The Bertz CT molecular complexity index is 401. The third kappa shape index (κ3) is 4.88. The van der Waals surface area contributed by atoms with Crippen molar-refractivity contribution in [3.63, 3.8) is 0 Å². The number of esters is 2. The molecule has 0 aliphatic carbocycles. The van der Waals surface area contributed by atoms with Crippen LogP contribution in [0.5, 0.6) is 0 Å². The van der Waals surface area contributed by atoms with Gasteiger partial charge in [0.2, 0.25) is 0 Å². The van der Waals surface area contributed by atoms with Crippen molar-refractivity contribution in [2.45, 2.75) is 0 Å². The number of carbonyl (C=O) groups excluding carboxylic acids is 2. The topological polar surface area (TPSA) is 86.7 Å². The van der Waals surface area contributed by atoms with Crippen LogP contribution in [0.1, 0.15) is 20.7 Å². The van der Waals surface area contributed by atoms with E-state index in [2.05, 4.69) is 9.47 Å². The molecule has 0 spiro atoms. The van der Waals surface area contributed by atoms with Crippen molar-refractivity contribution in [3.8, 4) is 0 Å². The quantitative estimate of drug-likeness (QED) is 0.591. The molecule has 0 saturated carbocycles. The molecule has 0 bridgehead atoms. The summed E-state index contributed by atoms with van der Waals surface area (Å²) in [5, 5.41) is 0. The summed E-state index contributed by atoms with van der Waals surface area (Å²) in [6, 6.07) is 6.33. The van der Waals surface area contributed by atoms with Gasteiger partial charge in [-0.2, -0.15) is 0 Å². The molecule has 0 aliphatic heterocycles. The molecule has 17 heavy (non-hydrogen) atoms. The predicted octanol–water partition coefficient (Wildman–Crippen LogP) is 1.02. The van der Waals surface area contributed by atoms with E-state index in [0.717, 1.165) is 0 Å². The normalized spacial score (nSPS) is 8.12. The average molecular weight is 274 g/mol. The Hall–Kier alpha value is -1.53. The first-order valence-electron chi connectivity index (χ1n) is 4.37. The van der Waals surface area contributed by atoms with Crippen LogP contribution in [-0.2, 0) is 35.2 Å². The van der Waals surface area contributed by atoms with E-state index >= 15 is 0 Å². The van der Waals surface area contributed by atoms with E-state index in [1.165, 1.54) is 26.4 Å². The zero-order valence-corrected chi connectivity index (χ0v) is 10.8. The number of methoxy groups -OCH3 is 2. The first kappa shape index (κ1) is 15.5. The van der Waals surface area contributed by atoms with E-state index < -0.39 is 31.0 Å².